The van der Waals surface area contributed by atoms with Crippen molar-refractivity contribution in [3.05, 3.63) is 46.8 Å². The van der Waals surface area contributed by atoms with Crippen molar-refractivity contribution in [2.75, 3.05) is 6.54 Å². The number of aromatic nitrogens is 2. The van der Waals surface area contributed by atoms with Gasteiger partial charge in [0, 0.05) is 19.3 Å². The number of nitrogens with one attached hydrogen (secondary N) is 1. The highest BCUT2D eigenvalue weighted by Crippen LogP contribution is 2.15. The molecule has 22 heavy (non-hydrogen) atoms. The second kappa shape index (κ2) is 6.30. The minimum atomic E-state index is -3.69. The molecule has 0 amide bonds. The molecule has 0 radical (unpaired) electrons. The standard InChI is InChI=1S/C15H18N4O2S/c1-11-14(12(2)19(3)18-11)8-9-17-22(20,21)15-7-5-4-6-13(15)10-16/h4-7,17H,8-9H2,1-3H3. The predicted molar refractivity (Wildman–Crippen MR) is 82.7 cm³/mol. The number of sulfonamides is 1. The van der Waals surface area contributed by atoms with E-state index in [4.69, 9.17) is 5.26 Å². The summed E-state index contributed by atoms with van der Waals surface area (Å²) in [6.45, 7) is 4.12. The molecule has 0 saturated heterocycles. The van der Waals surface area contributed by atoms with Crippen molar-refractivity contribution < 1.29 is 8.42 Å². The predicted octanol–water partition coefficient (Wildman–Crippen LogP) is 1.43. The largest absolute Gasteiger partial charge is 0.272 e. The van der Waals surface area contributed by atoms with Crippen LogP contribution in [0.2, 0.25) is 0 Å². The zero-order valence-electron chi connectivity index (χ0n) is 12.8. The Morgan fingerprint density at radius 1 is 1.32 bits per heavy atom. The number of aryl methyl sites for hydroxylation is 2. The number of nitrogens with zero attached hydrogens (tertiary/aromatic N) is 3. The Hall–Kier alpha value is -2.17. The molecule has 0 aliphatic heterocycles. The molecule has 7 heteroatoms. The van der Waals surface area contributed by atoms with E-state index in [1.165, 1.54) is 12.1 Å². The Morgan fingerprint density at radius 3 is 2.59 bits per heavy atom. The van der Waals surface area contributed by atoms with Crippen LogP contribution in [-0.2, 0) is 23.5 Å². The molecule has 116 valence electrons. The first-order valence-corrected chi connectivity index (χ1v) is 8.33. The van der Waals surface area contributed by atoms with E-state index in [1.807, 2.05) is 27.0 Å². The minimum absolute atomic E-state index is 0.0112. The normalized spacial score (nSPS) is 11.4. The fraction of sp³-hybridized carbons (Fsp3) is 0.333. The van der Waals surface area contributed by atoms with Gasteiger partial charge in [-0.1, -0.05) is 12.1 Å². The Balaban J connectivity index is 2.13. The number of benzene rings is 1. The molecule has 2 aromatic rings. The molecule has 0 spiro atoms. The molecular formula is C15H18N4O2S. The van der Waals surface area contributed by atoms with Gasteiger partial charge in [-0.2, -0.15) is 10.4 Å². The first-order chi connectivity index (χ1) is 10.4. The van der Waals surface area contributed by atoms with E-state index in [0.29, 0.717) is 6.42 Å². The SMILES string of the molecule is Cc1nn(C)c(C)c1CCNS(=O)(=O)c1ccccc1C#N. The van der Waals surface area contributed by atoms with Gasteiger partial charge in [-0.05, 0) is 38.0 Å². The summed E-state index contributed by atoms with van der Waals surface area (Å²) in [5.41, 5.74) is 3.10. The molecule has 1 heterocycles. The highest BCUT2D eigenvalue weighted by Gasteiger charge is 2.18. The molecule has 0 fully saturated rings. The molecule has 0 aliphatic rings. The van der Waals surface area contributed by atoms with E-state index < -0.39 is 10.0 Å². The third kappa shape index (κ3) is 3.18. The molecule has 0 unspecified atom stereocenters. The summed E-state index contributed by atoms with van der Waals surface area (Å²) in [5, 5.41) is 13.3. The molecule has 2 rings (SSSR count). The maximum Gasteiger partial charge on any atom is 0.241 e. The second-order valence-corrected chi connectivity index (χ2v) is 6.76. The molecule has 1 aromatic carbocycles. The Kier molecular flexibility index (Phi) is 4.64. The maximum atomic E-state index is 12.3. The second-order valence-electron chi connectivity index (χ2n) is 5.03. The molecular weight excluding hydrogens is 300 g/mol. The Bertz CT molecular complexity index is 832. The first kappa shape index (κ1) is 16.2. The lowest BCUT2D eigenvalue weighted by Gasteiger charge is -2.08. The van der Waals surface area contributed by atoms with E-state index in [0.717, 1.165) is 17.0 Å². The van der Waals surface area contributed by atoms with Crippen LogP contribution in [0.25, 0.3) is 0 Å². The zero-order chi connectivity index (χ0) is 16.3. The topological polar surface area (TPSA) is 87.8 Å². The summed E-state index contributed by atoms with van der Waals surface area (Å²) in [6.07, 6.45) is 0.555. The quantitative estimate of drug-likeness (QED) is 0.903. The number of hydrogen-bond donors (Lipinski definition) is 1. The lowest BCUT2D eigenvalue weighted by Crippen LogP contribution is -2.27. The number of nitriles is 1. The molecule has 0 saturated carbocycles. The van der Waals surface area contributed by atoms with Crippen molar-refractivity contribution in [3.8, 4) is 6.07 Å². The highest BCUT2D eigenvalue weighted by molar-refractivity contribution is 7.89. The number of rotatable bonds is 5. The maximum absolute atomic E-state index is 12.3. The molecule has 1 N–H and O–H groups in total. The van der Waals surface area contributed by atoms with Crippen molar-refractivity contribution >= 4 is 10.0 Å². The van der Waals surface area contributed by atoms with Crippen LogP contribution in [-0.4, -0.2) is 24.7 Å². The van der Waals surface area contributed by atoms with Crippen molar-refractivity contribution in [2.45, 2.75) is 25.2 Å². The van der Waals surface area contributed by atoms with Crippen LogP contribution < -0.4 is 4.72 Å². The van der Waals surface area contributed by atoms with Crippen LogP contribution in [0.4, 0.5) is 0 Å². The van der Waals surface area contributed by atoms with Crippen molar-refractivity contribution in [1.29, 1.82) is 5.26 Å². The van der Waals surface area contributed by atoms with Gasteiger partial charge in [0.25, 0.3) is 0 Å². The van der Waals surface area contributed by atoms with E-state index in [-0.39, 0.29) is 17.0 Å². The van der Waals surface area contributed by atoms with Crippen LogP contribution in [0.5, 0.6) is 0 Å². The summed E-state index contributed by atoms with van der Waals surface area (Å²) in [4.78, 5) is 0.0112. The van der Waals surface area contributed by atoms with E-state index in [1.54, 1.807) is 16.8 Å². The summed E-state index contributed by atoms with van der Waals surface area (Å²) in [6, 6.07) is 8.06. The molecule has 0 atom stereocenters. The summed E-state index contributed by atoms with van der Waals surface area (Å²) >= 11 is 0. The van der Waals surface area contributed by atoms with Gasteiger partial charge in [-0.15, -0.1) is 0 Å². The van der Waals surface area contributed by atoms with Crippen LogP contribution in [0.15, 0.2) is 29.2 Å². The van der Waals surface area contributed by atoms with Gasteiger partial charge >= 0.3 is 0 Å². The number of hydrogen-bond acceptors (Lipinski definition) is 4. The Morgan fingerprint density at radius 2 is 2.00 bits per heavy atom. The van der Waals surface area contributed by atoms with E-state index in [9.17, 15) is 8.42 Å². The smallest absolute Gasteiger partial charge is 0.241 e. The summed E-state index contributed by atoms with van der Waals surface area (Å²) < 4.78 is 28.9. The molecule has 6 nitrogen and oxygen atoms in total. The van der Waals surface area contributed by atoms with E-state index >= 15 is 0 Å². The summed E-state index contributed by atoms with van der Waals surface area (Å²) in [7, 11) is -1.83. The monoisotopic (exact) mass is 318 g/mol. The fourth-order valence-corrected chi connectivity index (χ4v) is 3.55. The summed E-state index contributed by atoms with van der Waals surface area (Å²) in [5.74, 6) is 0. The third-order valence-corrected chi connectivity index (χ3v) is 5.14. The fourth-order valence-electron chi connectivity index (χ4n) is 2.36. The molecule has 1 aromatic heterocycles. The van der Waals surface area contributed by atoms with Crippen molar-refractivity contribution in [3.63, 3.8) is 0 Å². The van der Waals surface area contributed by atoms with Gasteiger partial charge < -0.3 is 0 Å². The average Bonchev–Trinajstić information content (AvgIpc) is 2.73. The van der Waals surface area contributed by atoms with Crippen LogP contribution in [0.3, 0.4) is 0 Å². The van der Waals surface area contributed by atoms with Crippen LogP contribution in [0, 0.1) is 25.2 Å². The highest BCUT2D eigenvalue weighted by atomic mass is 32.2. The van der Waals surface area contributed by atoms with Gasteiger partial charge in [0.15, 0.2) is 0 Å². The van der Waals surface area contributed by atoms with Gasteiger partial charge in [-0.25, -0.2) is 13.1 Å². The Labute approximate surface area is 130 Å². The third-order valence-electron chi connectivity index (χ3n) is 3.62. The molecule has 0 aliphatic carbocycles. The lowest BCUT2D eigenvalue weighted by molar-refractivity contribution is 0.581. The van der Waals surface area contributed by atoms with Gasteiger partial charge in [-0.3, -0.25) is 4.68 Å². The van der Waals surface area contributed by atoms with Gasteiger partial charge in [0.2, 0.25) is 10.0 Å². The van der Waals surface area contributed by atoms with Gasteiger partial charge in [0.1, 0.15) is 6.07 Å². The van der Waals surface area contributed by atoms with Gasteiger partial charge in [0.05, 0.1) is 16.2 Å². The van der Waals surface area contributed by atoms with E-state index in [2.05, 4.69) is 9.82 Å². The molecule has 0 bridgehead atoms. The average molecular weight is 318 g/mol. The van der Waals surface area contributed by atoms with Crippen LogP contribution >= 0.6 is 0 Å². The van der Waals surface area contributed by atoms with Crippen molar-refractivity contribution in [1.82, 2.24) is 14.5 Å². The lowest BCUT2D eigenvalue weighted by atomic mass is 10.1. The van der Waals surface area contributed by atoms with Crippen LogP contribution in [0.1, 0.15) is 22.5 Å². The first-order valence-electron chi connectivity index (χ1n) is 6.84. The minimum Gasteiger partial charge on any atom is -0.272 e. The zero-order valence-corrected chi connectivity index (χ0v) is 13.6. The van der Waals surface area contributed by atoms with Crippen molar-refractivity contribution in [2.24, 2.45) is 7.05 Å².